The number of allylic oxidation sites excluding steroid dienone is 1. The van der Waals surface area contributed by atoms with Crippen molar-refractivity contribution in [2.75, 3.05) is 6.54 Å². The first-order valence-electron chi connectivity index (χ1n) is 11.1. The lowest BCUT2D eigenvalue weighted by atomic mass is 9.93. The second kappa shape index (κ2) is 11.7. The molecule has 0 aliphatic heterocycles. The molecule has 0 fully saturated rings. The van der Waals surface area contributed by atoms with Crippen molar-refractivity contribution >= 4 is 17.9 Å². The van der Waals surface area contributed by atoms with E-state index >= 15 is 0 Å². The van der Waals surface area contributed by atoms with Gasteiger partial charge in [0.2, 0.25) is 5.91 Å². The summed E-state index contributed by atoms with van der Waals surface area (Å²) in [5, 5.41) is 3.33. The van der Waals surface area contributed by atoms with Gasteiger partial charge in [0.1, 0.15) is 18.4 Å². The maximum Gasteiger partial charge on any atom is 0.417 e. The van der Waals surface area contributed by atoms with Crippen LogP contribution in [0.15, 0.2) is 36.4 Å². The molecule has 214 valence electrons. The van der Waals surface area contributed by atoms with E-state index in [0.717, 1.165) is 31.2 Å². The van der Waals surface area contributed by atoms with E-state index in [2.05, 4.69) is 0 Å². The summed E-state index contributed by atoms with van der Waals surface area (Å²) in [5.41, 5.74) is -3.36. The molecule has 0 aliphatic rings. The minimum atomic E-state index is -5.16. The Kier molecular flexibility index (Phi) is 9.46. The van der Waals surface area contributed by atoms with E-state index in [1.54, 1.807) is 0 Å². The van der Waals surface area contributed by atoms with Crippen molar-refractivity contribution in [1.29, 1.82) is 0 Å². The smallest absolute Gasteiger partial charge is 0.345 e. The molecule has 1 unspecified atom stereocenters. The molecule has 0 spiro atoms. The van der Waals surface area contributed by atoms with Gasteiger partial charge in [-0.3, -0.25) is 9.59 Å². The van der Waals surface area contributed by atoms with E-state index in [1.165, 1.54) is 19.2 Å². The van der Waals surface area contributed by atoms with Crippen LogP contribution in [0.3, 0.4) is 0 Å². The van der Waals surface area contributed by atoms with E-state index in [9.17, 15) is 53.5 Å². The third-order valence-electron chi connectivity index (χ3n) is 5.45. The number of hydrogen-bond acceptors (Lipinski definition) is 2. The maximum atomic E-state index is 13.9. The van der Waals surface area contributed by atoms with Crippen molar-refractivity contribution in [3.63, 3.8) is 0 Å². The van der Waals surface area contributed by atoms with Gasteiger partial charge in [-0.1, -0.05) is 30.4 Å². The van der Waals surface area contributed by atoms with Gasteiger partial charge in [0.05, 0.1) is 17.0 Å². The average Bonchev–Trinajstić information content (AvgIpc) is 2.78. The van der Waals surface area contributed by atoms with Crippen molar-refractivity contribution < 1.29 is 53.5 Å². The zero-order valence-corrected chi connectivity index (χ0v) is 20.5. The molecule has 0 aliphatic carbocycles. The van der Waals surface area contributed by atoms with Crippen LogP contribution in [-0.2, 0) is 11.0 Å². The molecule has 0 aromatic heterocycles. The van der Waals surface area contributed by atoms with Crippen LogP contribution in [0.4, 0.5) is 43.9 Å². The summed E-state index contributed by atoms with van der Waals surface area (Å²) >= 11 is 0. The Hall–Kier alpha value is -3.58. The molecule has 2 aromatic carbocycles. The maximum absolute atomic E-state index is 13.9. The molecule has 2 N–H and O–H groups in total. The Bertz CT molecular complexity index is 1220. The SMILES string of the molecule is Cc1cc(C(/C=C/c2ccc(C(=O)N[C@H](C)C(=O)NCC(F)(F)F)c(C(F)(F)F)c2)C(F)(F)F)cc(C)c1F. The van der Waals surface area contributed by atoms with Crippen LogP contribution in [-0.4, -0.2) is 36.8 Å². The first-order chi connectivity index (χ1) is 17.7. The average molecular weight is 572 g/mol. The molecule has 39 heavy (non-hydrogen) atoms. The Morgan fingerprint density at radius 1 is 0.923 bits per heavy atom. The number of aryl methyl sites for hydroxylation is 2. The summed E-state index contributed by atoms with van der Waals surface area (Å²) < 4.78 is 133. The lowest BCUT2D eigenvalue weighted by Crippen LogP contribution is -2.47. The molecular formula is C25H22F10N2O2. The summed E-state index contributed by atoms with van der Waals surface area (Å²) in [6.45, 7) is 1.76. The van der Waals surface area contributed by atoms with Crippen molar-refractivity contribution in [2.45, 2.75) is 51.3 Å². The molecule has 4 nitrogen and oxygen atoms in total. The quantitative estimate of drug-likeness (QED) is 0.367. The van der Waals surface area contributed by atoms with Crippen LogP contribution in [0, 0.1) is 19.7 Å². The fourth-order valence-electron chi connectivity index (χ4n) is 3.55. The molecule has 14 heteroatoms. The highest BCUT2D eigenvalue weighted by Crippen LogP contribution is 2.38. The largest absolute Gasteiger partial charge is 0.417 e. The highest BCUT2D eigenvalue weighted by molar-refractivity contribution is 5.99. The number of benzene rings is 2. The Morgan fingerprint density at radius 2 is 1.49 bits per heavy atom. The van der Waals surface area contributed by atoms with Crippen molar-refractivity contribution in [2.24, 2.45) is 0 Å². The minimum absolute atomic E-state index is 0.0521. The molecule has 2 atom stereocenters. The second-order valence-electron chi connectivity index (χ2n) is 8.68. The molecule has 2 aromatic rings. The van der Waals surface area contributed by atoms with Gasteiger partial charge in [-0.05, 0) is 55.2 Å². The molecule has 0 saturated carbocycles. The Labute approximate surface area is 216 Å². The minimum Gasteiger partial charge on any atom is -0.345 e. The van der Waals surface area contributed by atoms with Crippen molar-refractivity contribution in [3.8, 4) is 0 Å². The molecular weight excluding hydrogens is 550 g/mol. The molecule has 0 radical (unpaired) electrons. The lowest BCUT2D eigenvalue weighted by molar-refractivity contribution is -0.139. The standard InChI is InChI=1S/C25H22F10N2O2/c1-12-8-16(9-13(2)20(12)26)18(24(30,31)32)7-5-15-4-6-17(19(10-15)25(33,34)35)22(39)37-14(3)21(38)36-11-23(27,28)29/h4-10,14,18H,11H2,1-3H3,(H,36,38)(H,37,39)/b7-5+/t14-,18?/m1/s1. The summed E-state index contributed by atoms with van der Waals surface area (Å²) in [6, 6.07) is 2.30. The van der Waals surface area contributed by atoms with Gasteiger partial charge in [-0.2, -0.15) is 39.5 Å². The fraction of sp³-hybridized carbons (Fsp3) is 0.360. The zero-order chi connectivity index (χ0) is 29.9. The highest BCUT2D eigenvalue weighted by atomic mass is 19.4. The number of alkyl halides is 9. The van der Waals surface area contributed by atoms with Crippen LogP contribution < -0.4 is 10.6 Å². The van der Waals surface area contributed by atoms with Gasteiger partial charge >= 0.3 is 18.5 Å². The monoisotopic (exact) mass is 572 g/mol. The summed E-state index contributed by atoms with van der Waals surface area (Å²) in [6.07, 6.45) is -13.4. The highest BCUT2D eigenvalue weighted by Gasteiger charge is 2.40. The number of amides is 2. The summed E-state index contributed by atoms with van der Waals surface area (Å²) in [5.74, 6) is -5.74. The van der Waals surface area contributed by atoms with Crippen LogP contribution in [0.2, 0.25) is 0 Å². The van der Waals surface area contributed by atoms with Crippen molar-refractivity contribution in [3.05, 3.63) is 75.6 Å². The topological polar surface area (TPSA) is 58.2 Å². The van der Waals surface area contributed by atoms with E-state index in [1.807, 2.05) is 5.32 Å². The molecule has 2 amide bonds. The Morgan fingerprint density at radius 3 is 1.97 bits per heavy atom. The summed E-state index contributed by atoms with van der Waals surface area (Å²) in [4.78, 5) is 24.1. The third-order valence-corrected chi connectivity index (χ3v) is 5.45. The van der Waals surface area contributed by atoms with Gasteiger partial charge in [-0.25, -0.2) is 4.39 Å². The second-order valence-corrected chi connectivity index (χ2v) is 8.68. The number of hydrogen-bond donors (Lipinski definition) is 2. The number of carbonyl (C=O) groups excluding carboxylic acids is 2. The van der Waals surface area contributed by atoms with E-state index in [4.69, 9.17) is 0 Å². The molecule has 0 heterocycles. The number of carbonyl (C=O) groups is 2. The molecule has 0 saturated heterocycles. The van der Waals surface area contributed by atoms with Crippen LogP contribution >= 0.6 is 0 Å². The van der Waals surface area contributed by atoms with E-state index in [-0.39, 0.29) is 22.3 Å². The predicted molar refractivity (Wildman–Crippen MR) is 121 cm³/mol. The van der Waals surface area contributed by atoms with Crippen LogP contribution in [0.5, 0.6) is 0 Å². The van der Waals surface area contributed by atoms with Gasteiger partial charge < -0.3 is 10.6 Å². The van der Waals surface area contributed by atoms with Crippen LogP contribution in [0.25, 0.3) is 6.08 Å². The summed E-state index contributed by atoms with van der Waals surface area (Å²) in [7, 11) is 0. The van der Waals surface area contributed by atoms with Gasteiger partial charge in [-0.15, -0.1) is 0 Å². The van der Waals surface area contributed by atoms with Gasteiger partial charge in [0, 0.05) is 0 Å². The third kappa shape index (κ3) is 8.72. The normalized spacial score (nSPS) is 14.3. The predicted octanol–water partition coefficient (Wildman–Crippen LogP) is 6.62. The Balaban J connectivity index is 2.37. The van der Waals surface area contributed by atoms with Gasteiger partial charge in [0.25, 0.3) is 5.91 Å². The van der Waals surface area contributed by atoms with E-state index in [0.29, 0.717) is 18.2 Å². The zero-order valence-electron chi connectivity index (χ0n) is 20.5. The number of nitrogens with one attached hydrogen (secondary N) is 2. The molecule has 0 bridgehead atoms. The fourth-order valence-corrected chi connectivity index (χ4v) is 3.55. The molecule has 2 rings (SSSR count). The lowest BCUT2D eigenvalue weighted by Gasteiger charge is -2.19. The first kappa shape index (κ1) is 31.6. The van der Waals surface area contributed by atoms with Crippen LogP contribution in [0.1, 0.15) is 51.0 Å². The number of halogens is 10. The number of rotatable bonds is 7. The first-order valence-corrected chi connectivity index (χ1v) is 11.1. The van der Waals surface area contributed by atoms with Crippen molar-refractivity contribution in [1.82, 2.24) is 10.6 Å². The van der Waals surface area contributed by atoms with Gasteiger partial charge in [0.15, 0.2) is 0 Å². The van der Waals surface area contributed by atoms with E-state index < -0.39 is 65.8 Å².